The summed E-state index contributed by atoms with van der Waals surface area (Å²) in [7, 11) is 0. The van der Waals surface area contributed by atoms with E-state index in [0.29, 0.717) is 31.8 Å². The van der Waals surface area contributed by atoms with E-state index in [-0.39, 0.29) is 17.6 Å². The first-order valence-electron chi connectivity index (χ1n) is 7.01. The number of aromatic nitrogens is 1. The fraction of sp³-hybridized carbons (Fsp3) is 0.571. The lowest BCUT2D eigenvalue weighted by molar-refractivity contribution is -0.119. The molecule has 110 valence electrons. The second-order valence-corrected chi connectivity index (χ2v) is 4.90. The number of nitrogens with one attached hydrogen (secondary N) is 2. The molecule has 2 rings (SSSR count). The molecule has 1 aromatic heterocycles. The monoisotopic (exact) mass is 279 g/mol. The average Bonchev–Trinajstić information content (AvgIpc) is 2.44. The molecule has 1 unspecified atom stereocenters. The Bertz CT molecular complexity index is 507. The first kappa shape index (κ1) is 14.7. The summed E-state index contributed by atoms with van der Waals surface area (Å²) in [4.78, 5) is 23.5. The normalized spacial score (nSPS) is 18.8. The molecule has 1 amide bonds. The largest absolute Gasteiger partial charge is 0.375 e. The van der Waals surface area contributed by atoms with E-state index in [9.17, 15) is 9.59 Å². The topological polar surface area (TPSA) is 72.4 Å². The quantitative estimate of drug-likeness (QED) is 0.827. The molecule has 0 radical (unpaired) electrons. The molecule has 20 heavy (non-hydrogen) atoms. The minimum atomic E-state index is -0.0969. The van der Waals surface area contributed by atoms with Gasteiger partial charge in [0.15, 0.2) is 0 Å². The van der Waals surface area contributed by atoms with Crippen molar-refractivity contribution in [3.8, 4) is 0 Å². The van der Waals surface area contributed by atoms with E-state index >= 15 is 0 Å². The van der Waals surface area contributed by atoms with Crippen LogP contribution in [0.4, 0.5) is 5.69 Å². The zero-order valence-corrected chi connectivity index (χ0v) is 11.7. The molecule has 1 aromatic rings. The first-order chi connectivity index (χ1) is 9.69. The number of carbonyl (C=O) groups is 1. The summed E-state index contributed by atoms with van der Waals surface area (Å²) in [6, 6.07) is 3.11. The van der Waals surface area contributed by atoms with Crippen LogP contribution in [0.2, 0.25) is 0 Å². The predicted octanol–water partition coefficient (Wildman–Crippen LogP) is 0.575. The van der Waals surface area contributed by atoms with E-state index in [1.165, 1.54) is 6.07 Å². The molecule has 1 fully saturated rings. The Morgan fingerprint density at radius 1 is 1.55 bits per heavy atom. The van der Waals surface area contributed by atoms with Gasteiger partial charge in [0.25, 0.3) is 5.56 Å². The van der Waals surface area contributed by atoms with Crippen LogP contribution < -0.4 is 16.2 Å². The highest BCUT2D eigenvalue weighted by Gasteiger charge is 2.17. The Hall–Kier alpha value is -1.66. The highest BCUT2D eigenvalue weighted by Crippen LogP contribution is 2.07. The zero-order valence-electron chi connectivity index (χ0n) is 11.7. The summed E-state index contributed by atoms with van der Waals surface area (Å²) in [6.45, 7) is 4.82. The van der Waals surface area contributed by atoms with Crippen molar-refractivity contribution in [1.82, 2.24) is 9.88 Å². The summed E-state index contributed by atoms with van der Waals surface area (Å²) in [5.74, 6) is -0.0969. The maximum absolute atomic E-state index is 11.9. The third-order valence-electron chi connectivity index (χ3n) is 3.15. The molecule has 6 nitrogen and oxygen atoms in total. The molecule has 2 heterocycles. The van der Waals surface area contributed by atoms with Crippen molar-refractivity contribution in [2.45, 2.75) is 32.4 Å². The highest BCUT2D eigenvalue weighted by atomic mass is 16.5. The number of hydrogen-bond donors (Lipinski definition) is 2. The lowest BCUT2D eigenvalue weighted by atomic mass is 10.2. The molecule has 1 atom stereocenters. The van der Waals surface area contributed by atoms with Gasteiger partial charge in [0.05, 0.1) is 24.8 Å². The Morgan fingerprint density at radius 3 is 3.10 bits per heavy atom. The van der Waals surface area contributed by atoms with Crippen molar-refractivity contribution < 1.29 is 9.53 Å². The maximum atomic E-state index is 11.9. The van der Waals surface area contributed by atoms with Crippen LogP contribution in [0.15, 0.2) is 23.1 Å². The van der Waals surface area contributed by atoms with E-state index in [0.717, 1.165) is 13.0 Å². The van der Waals surface area contributed by atoms with Crippen molar-refractivity contribution in [2.75, 3.05) is 25.0 Å². The summed E-state index contributed by atoms with van der Waals surface area (Å²) < 4.78 is 7.09. The number of ether oxygens (including phenoxy) is 1. The minimum Gasteiger partial charge on any atom is -0.375 e. The van der Waals surface area contributed by atoms with Crippen molar-refractivity contribution in [3.05, 3.63) is 28.7 Å². The third-order valence-corrected chi connectivity index (χ3v) is 3.15. The van der Waals surface area contributed by atoms with E-state index in [1.807, 2.05) is 6.92 Å². The van der Waals surface area contributed by atoms with Gasteiger partial charge in [0.2, 0.25) is 5.91 Å². The molecule has 6 heteroatoms. The third kappa shape index (κ3) is 4.18. The van der Waals surface area contributed by atoms with E-state index < -0.39 is 0 Å². The first-order valence-corrected chi connectivity index (χ1v) is 7.01. The van der Waals surface area contributed by atoms with E-state index in [4.69, 9.17) is 4.74 Å². The Morgan fingerprint density at radius 2 is 2.40 bits per heavy atom. The van der Waals surface area contributed by atoms with Gasteiger partial charge >= 0.3 is 0 Å². The molecular formula is C14H21N3O3. The van der Waals surface area contributed by atoms with E-state index in [1.54, 1.807) is 16.8 Å². The SMILES string of the molecule is CCCn1cc(NC(=O)CC2CNCCO2)ccc1=O. The van der Waals surface area contributed by atoms with Crippen LogP contribution >= 0.6 is 0 Å². The fourth-order valence-electron chi connectivity index (χ4n) is 2.19. The van der Waals surface area contributed by atoms with Crippen LogP contribution in [0.1, 0.15) is 19.8 Å². The van der Waals surface area contributed by atoms with Crippen molar-refractivity contribution in [1.29, 1.82) is 0 Å². The summed E-state index contributed by atoms with van der Waals surface area (Å²) in [5, 5.41) is 6.00. The van der Waals surface area contributed by atoms with Crippen molar-refractivity contribution >= 4 is 11.6 Å². The fourth-order valence-corrected chi connectivity index (χ4v) is 2.19. The van der Waals surface area contributed by atoms with Crippen LogP contribution in [-0.2, 0) is 16.1 Å². The van der Waals surface area contributed by atoms with Gasteiger partial charge in [-0.15, -0.1) is 0 Å². The molecule has 0 aromatic carbocycles. The Labute approximate surface area is 118 Å². The van der Waals surface area contributed by atoms with Crippen LogP contribution in [0.3, 0.4) is 0 Å². The number of carbonyl (C=O) groups excluding carboxylic acids is 1. The zero-order chi connectivity index (χ0) is 14.4. The van der Waals surface area contributed by atoms with Gasteiger partial charge in [-0.2, -0.15) is 0 Å². The Kier molecular flexibility index (Phi) is 5.31. The molecule has 0 bridgehead atoms. The second kappa shape index (κ2) is 7.21. The number of nitrogens with zero attached hydrogens (tertiary/aromatic N) is 1. The standard InChI is InChI=1S/C14H21N3O3/c1-2-6-17-10-11(3-4-14(17)19)16-13(18)8-12-9-15-5-7-20-12/h3-4,10,12,15H,2,5-9H2,1H3,(H,16,18). The number of pyridine rings is 1. The number of anilines is 1. The van der Waals surface area contributed by atoms with Gasteiger partial charge in [-0.1, -0.05) is 6.92 Å². The molecule has 1 aliphatic heterocycles. The van der Waals surface area contributed by atoms with Gasteiger partial charge in [-0.05, 0) is 12.5 Å². The molecule has 0 aliphatic carbocycles. The number of amides is 1. The molecule has 2 N–H and O–H groups in total. The van der Waals surface area contributed by atoms with Crippen LogP contribution in [-0.4, -0.2) is 36.3 Å². The van der Waals surface area contributed by atoms with Crippen molar-refractivity contribution in [3.63, 3.8) is 0 Å². The molecule has 0 spiro atoms. The Balaban J connectivity index is 1.93. The molecular weight excluding hydrogens is 258 g/mol. The summed E-state index contributed by atoms with van der Waals surface area (Å²) >= 11 is 0. The van der Waals surface area contributed by atoms with Gasteiger partial charge in [0.1, 0.15) is 0 Å². The predicted molar refractivity (Wildman–Crippen MR) is 76.8 cm³/mol. The minimum absolute atomic E-state index is 0.0512. The van der Waals surface area contributed by atoms with Crippen LogP contribution in [0.25, 0.3) is 0 Å². The average molecular weight is 279 g/mol. The van der Waals surface area contributed by atoms with Gasteiger partial charge in [-0.3, -0.25) is 9.59 Å². The number of rotatable bonds is 5. The van der Waals surface area contributed by atoms with Crippen molar-refractivity contribution in [2.24, 2.45) is 0 Å². The number of morpholine rings is 1. The molecule has 1 aliphatic rings. The molecule has 0 saturated carbocycles. The summed E-state index contributed by atoms with van der Waals surface area (Å²) in [5.41, 5.74) is 0.594. The summed E-state index contributed by atoms with van der Waals surface area (Å²) in [6.07, 6.45) is 2.80. The molecule has 1 saturated heterocycles. The lowest BCUT2D eigenvalue weighted by Gasteiger charge is -2.23. The van der Waals surface area contributed by atoms with Crippen LogP contribution in [0, 0.1) is 0 Å². The number of aryl methyl sites for hydroxylation is 1. The van der Waals surface area contributed by atoms with Gasteiger partial charge in [-0.25, -0.2) is 0 Å². The van der Waals surface area contributed by atoms with Crippen LogP contribution in [0.5, 0.6) is 0 Å². The van der Waals surface area contributed by atoms with Gasteiger partial charge < -0.3 is 19.9 Å². The van der Waals surface area contributed by atoms with E-state index in [2.05, 4.69) is 10.6 Å². The second-order valence-electron chi connectivity index (χ2n) is 4.90. The maximum Gasteiger partial charge on any atom is 0.250 e. The highest BCUT2D eigenvalue weighted by molar-refractivity contribution is 5.90. The van der Waals surface area contributed by atoms with Gasteiger partial charge in [0, 0.05) is 31.9 Å². The lowest BCUT2D eigenvalue weighted by Crippen LogP contribution is -2.40. The smallest absolute Gasteiger partial charge is 0.250 e. The number of hydrogen-bond acceptors (Lipinski definition) is 4.